The molecule has 0 amide bonds. The van der Waals surface area contributed by atoms with E-state index in [-0.39, 0.29) is 38.2 Å². The first-order valence-electron chi connectivity index (χ1n) is 17.6. The van der Waals surface area contributed by atoms with Crippen molar-refractivity contribution in [1.29, 1.82) is 5.26 Å². The molecular weight excluding hydrogens is 723 g/mol. The van der Waals surface area contributed by atoms with Gasteiger partial charge in [0.25, 0.3) is 0 Å². The van der Waals surface area contributed by atoms with Gasteiger partial charge in [0, 0.05) is 54.4 Å². The van der Waals surface area contributed by atoms with Crippen LogP contribution in [0.3, 0.4) is 0 Å². The van der Waals surface area contributed by atoms with Crippen molar-refractivity contribution in [3.63, 3.8) is 0 Å². The van der Waals surface area contributed by atoms with Crippen molar-refractivity contribution in [3.8, 4) is 34.8 Å². The van der Waals surface area contributed by atoms with Crippen molar-refractivity contribution in [2.45, 2.75) is 70.0 Å². The van der Waals surface area contributed by atoms with Gasteiger partial charge in [-0.2, -0.15) is 18.4 Å². The average molecular weight is 764 g/mol. The molecule has 0 radical (unpaired) electrons. The molecule has 3 aromatic rings. The molecule has 4 heterocycles. The lowest BCUT2D eigenvalue weighted by atomic mass is 9.71. The van der Waals surface area contributed by atoms with Gasteiger partial charge in [-0.1, -0.05) is 18.2 Å². The van der Waals surface area contributed by atoms with Gasteiger partial charge in [0.05, 0.1) is 30.8 Å². The van der Waals surface area contributed by atoms with Crippen LogP contribution in [0.15, 0.2) is 36.4 Å². The second-order valence-corrected chi connectivity index (χ2v) is 14.0. The molecule has 4 aliphatic heterocycles. The minimum atomic E-state index is -4.55. The number of fused-ring (bicyclic) bond motifs is 9. The summed E-state index contributed by atoms with van der Waals surface area (Å²) in [5, 5.41) is 11.0. The number of likely N-dealkylation sites (N-methyl/N-ethyl adjacent to an activating group) is 1. The van der Waals surface area contributed by atoms with E-state index >= 15 is 0 Å². The number of alkyl halides is 3. The van der Waals surface area contributed by atoms with E-state index in [0.29, 0.717) is 51.9 Å². The van der Waals surface area contributed by atoms with Gasteiger partial charge in [-0.15, -0.1) is 0 Å². The topological polar surface area (TPSA) is 129 Å². The number of methoxy groups -OCH3 is 2. The summed E-state index contributed by atoms with van der Waals surface area (Å²) in [7, 11) is 5.06. The van der Waals surface area contributed by atoms with Crippen LogP contribution in [0.5, 0.6) is 28.7 Å². The molecule has 55 heavy (non-hydrogen) atoms. The number of carbonyl (C=O) groups excluding carboxylic acids is 2. The lowest BCUT2D eigenvalue weighted by Gasteiger charge is -2.59. The molecule has 0 aromatic heterocycles. The predicted molar refractivity (Wildman–Crippen MR) is 190 cm³/mol. The number of esters is 2. The Labute approximate surface area is 315 Å². The van der Waals surface area contributed by atoms with E-state index in [1.807, 2.05) is 18.9 Å². The summed E-state index contributed by atoms with van der Waals surface area (Å²) in [5.74, 6) is 0.752. The molecule has 1 saturated heterocycles. The lowest BCUT2D eigenvalue weighted by Crippen LogP contribution is -2.68. The third-order valence-corrected chi connectivity index (χ3v) is 10.8. The van der Waals surface area contributed by atoms with Crippen LogP contribution in [0.4, 0.5) is 13.2 Å². The second-order valence-electron chi connectivity index (χ2n) is 14.0. The zero-order valence-electron chi connectivity index (χ0n) is 31.1. The minimum Gasteiger partial charge on any atom is -0.493 e. The highest BCUT2D eigenvalue weighted by Gasteiger charge is 2.57. The van der Waals surface area contributed by atoms with E-state index in [9.17, 15) is 28.0 Å². The highest BCUT2D eigenvalue weighted by atomic mass is 19.4. The van der Waals surface area contributed by atoms with Crippen LogP contribution in [-0.4, -0.2) is 81.3 Å². The SMILES string of the molecule is COCOc1c(OC)c(C)cc2c1[C@@H]1C3Cc4c(OC(C)=O)c(C)c5c(c4[C@H](COC(=O)C=Cc4cccc(C(F)(F)F)c4)N3[C@@H](C#N)[C@H](C2)N1C)OCO5. The van der Waals surface area contributed by atoms with Gasteiger partial charge in [-0.05, 0) is 68.6 Å². The fourth-order valence-corrected chi connectivity index (χ4v) is 8.70. The van der Waals surface area contributed by atoms with Gasteiger partial charge in [-0.3, -0.25) is 14.6 Å². The Kier molecular flexibility index (Phi) is 10.2. The van der Waals surface area contributed by atoms with Crippen molar-refractivity contribution >= 4 is 18.0 Å². The molecule has 1 unspecified atom stereocenters. The Morgan fingerprint density at radius 3 is 2.49 bits per heavy atom. The average Bonchev–Trinajstić information content (AvgIpc) is 3.64. The van der Waals surface area contributed by atoms with Gasteiger partial charge in [-0.25, -0.2) is 4.79 Å². The molecule has 0 spiro atoms. The van der Waals surface area contributed by atoms with Crippen molar-refractivity contribution in [3.05, 3.63) is 80.9 Å². The number of nitriles is 1. The minimum absolute atomic E-state index is 0.0456. The number of carbonyl (C=O) groups is 2. The number of nitrogens with zero attached hydrogens (tertiary/aromatic N) is 3. The summed E-state index contributed by atoms with van der Waals surface area (Å²) in [5.41, 5.74) is 3.76. The zero-order chi connectivity index (χ0) is 39.3. The van der Waals surface area contributed by atoms with Crippen molar-refractivity contribution in [1.82, 2.24) is 9.80 Å². The Balaban J connectivity index is 1.36. The molecule has 0 aliphatic carbocycles. The first kappa shape index (κ1) is 38.0. The maximum absolute atomic E-state index is 13.3. The number of benzene rings is 3. The summed E-state index contributed by atoms with van der Waals surface area (Å²) in [6.45, 7) is 4.57. The maximum Gasteiger partial charge on any atom is 0.416 e. The molecule has 290 valence electrons. The van der Waals surface area contributed by atoms with Crippen molar-refractivity contribution in [2.75, 3.05) is 41.5 Å². The Morgan fingerprint density at radius 1 is 1.04 bits per heavy atom. The van der Waals surface area contributed by atoms with Gasteiger partial charge >= 0.3 is 18.1 Å². The standard InChI is InChI=1S/C40H40F3N3O9/c1-20-12-24-14-27-29(16-44)46-28(34(45(27)4)32(24)38(35(20)50-6)52-18-49-5)15-26-33(39-37(53-19-54-39)21(2)36(26)55-22(3)47)30(46)17-51-31(48)11-10-23-8-7-9-25(13-23)40(41,42)43/h7-13,27-30,34H,14-15,17-19H2,1-6H3/t27-,28?,29-,30-,34-/m0/s1. The van der Waals surface area contributed by atoms with Crippen LogP contribution < -0.4 is 23.7 Å². The van der Waals surface area contributed by atoms with Crippen molar-refractivity contribution in [2.24, 2.45) is 0 Å². The third-order valence-electron chi connectivity index (χ3n) is 10.8. The molecule has 4 aliphatic rings. The van der Waals surface area contributed by atoms with E-state index in [1.54, 1.807) is 14.0 Å². The maximum atomic E-state index is 13.3. The lowest BCUT2D eigenvalue weighted by molar-refractivity contribution is -0.143. The molecule has 0 N–H and O–H groups in total. The van der Waals surface area contributed by atoms with E-state index in [4.69, 9.17) is 33.2 Å². The second kappa shape index (κ2) is 14.7. The molecule has 15 heteroatoms. The molecular formula is C40H40F3N3O9. The summed E-state index contributed by atoms with van der Waals surface area (Å²) in [6, 6.07) is 6.46. The Hall–Kier alpha value is -5.30. The largest absolute Gasteiger partial charge is 0.493 e. The summed E-state index contributed by atoms with van der Waals surface area (Å²) < 4.78 is 81.2. The van der Waals surface area contributed by atoms with Crippen LogP contribution in [0.2, 0.25) is 0 Å². The van der Waals surface area contributed by atoms with Gasteiger partial charge < -0.3 is 33.2 Å². The van der Waals surface area contributed by atoms with Crippen LogP contribution in [-0.2, 0) is 38.1 Å². The molecule has 2 bridgehead atoms. The molecule has 0 saturated carbocycles. The number of hydrogen-bond acceptors (Lipinski definition) is 12. The normalized spacial score (nSPS) is 22.7. The van der Waals surface area contributed by atoms with Gasteiger partial charge in [0.1, 0.15) is 18.4 Å². The smallest absolute Gasteiger partial charge is 0.416 e. The number of rotatable bonds is 9. The zero-order valence-corrected chi connectivity index (χ0v) is 31.1. The number of hydrogen-bond donors (Lipinski definition) is 0. The molecule has 1 fully saturated rings. The highest BCUT2D eigenvalue weighted by molar-refractivity contribution is 5.87. The quantitative estimate of drug-likeness (QED) is 0.110. The van der Waals surface area contributed by atoms with E-state index in [2.05, 4.69) is 17.0 Å². The third kappa shape index (κ3) is 6.62. The summed E-state index contributed by atoms with van der Waals surface area (Å²) in [4.78, 5) is 30.1. The monoisotopic (exact) mass is 763 g/mol. The molecule has 5 atom stereocenters. The van der Waals surface area contributed by atoms with Crippen LogP contribution in [0.1, 0.15) is 63.5 Å². The number of halogens is 3. The number of aryl methyl sites for hydroxylation is 1. The number of ether oxygens (including phenoxy) is 7. The fraction of sp³-hybridized carbons (Fsp3) is 0.425. The summed E-state index contributed by atoms with van der Waals surface area (Å²) >= 11 is 0. The number of piperazine rings is 1. The van der Waals surface area contributed by atoms with Gasteiger partial charge in [0.2, 0.25) is 6.79 Å². The molecule has 7 rings (SSSR count). The first-order chi connectivity index (χ1) is 26.3. The summed E-state index contributed by atoms with van der Waals surface area (Å²) in [6.07, 6.45) is -1.47. The highest BCUT2D eigenvalue weighted by Crippen LogP contribution is 2.58. The Bertz CT molecular complexity index is 2110. The van der Waals surface area contributed by atoms with Crippen LogP contribution in [0.25, 0.3) is 6.08 Å². The Morgan fingerprint density at radius 2 is 1.80 bits per heavy atom. The van der Waals surface area contributed by atoms with Crippen LogP contribution in [0, 0.1) is 25.2 Å². The van der Waals surface area contributed by atoms with E-state index < -0.39 is 47.8 Å². The van der Waals surface area contributed by atoms with E-state index in [0.717, 1.165) is 34.9 Å². The van der Waals surface area contributed by atoms with Gasteiger partial charge in [0.15, 0.2) is 29.8 Å². The van der Waals surface area contributed by atoms with Crippen LogP contribution >= 0.6 is 0 Å². The molecule has 12 nitrogen and oxygen atoms in total. The first-order valence-corrected chi connectivity index (χ1v) is 17.6. The van der Waals surface area contributed by atoms with Crippen molar-refractivity contribution < 1.29 is 55.9 Å². The predicted octanol–water partition coefficient (Wildman–Crippen LogP) is 6.00. The molecule has 3 aromatic carbocycles. The van der Waals surface area contributed by atoms with E-state index in [1.165, 1.54) is 32.2 Å². The fourth-order valence-electron chi connectivity index (χ4n) is 8.70.